The fourth-order valence-corrected chi connectivity index (χ4v) is 2.90. The maximum absolute atomic E-state index is 12.4. The van der Waals surface area contributed by atoms with Gasteiger partial charge in [0.2, 0.25) is 5.91 Å². The van der Waals surface area contributed by atoms with Gasteiger partial charge in [0, 0.05) is 15.7 Å². The molecule has 28 heavy (non-hydrogen) atoms. The van der Waals surface area contributed by atoms with Crippen LogP contribution in [-0.4, -0.2) is 18.9 Å². The van der Waals surface area contributed by atoms with E-state index >= 15 is 0 Å². The van der Waals surface area contributed by atoms with Crippen molar-refractivity contribution in [1.82, 2.24) is 0 Å². The highest BCUT2D eigenvalue weighted by Gasteiger charge is 2.10. The molecular formula is C22H19BrN2O3. The largest absolute Gasteiger partial charge is 0.495 e. The minimum atomic E-state index is -0.253. The molecule has 0 spiro atoms. The van der Waals surface area contributed by atoms with Gasteiger partial charge in [-0.05, 0) is 54.1 Å². The van der Waals surface area contributed by atoms with E-state index in [1.165, 1.54) is 0 Å². The Kier molecular flexibility index (Phi) is 6.45. The molecule has 0 saturated carbocycles. The third-order valence-corrected chi connectivity index (χ3v) is 4.59. The summed E-state index contributed by atoms with van der Waals surface area (Å²) in [5.41, 5.74) is 2.64. The Morgan fingerprint density at radius 2 is 1.57 bits per heavy atom. The number of rotatable bonds is 6. The molecule has 0 fully saturated rings. The molecule has 0 radical (unpaired) electrons. The van der Waals surface area contributed by atoms with E-state index in [1.54, 1.807) is 43.5 Å². The molecule has 142 valence electrons. The molecule has 0 bridgehead atoms. The van der Waals surface area contributed by atoms with Gasteiger partial charge in [-0.25, -0.2) is 0 Å². The van der Waals surface area contributed by atoms with Gasteiger partial charge in [0.1, 0.15) is 5.75 Å². The zero-order chi connectivity index (χ0) is 19.9. The summed E-state index contributed by atoms with van der Waals surface area (Å²) in [6.07, 6.45) is 0.281. The average Bonchev–Trinajstić information content (AvgIpc) is 2.70. The summed E-state index contributed by atoms with van der Waals surface area (Å²) in [5.74, 6) is 0.221. The lowest BCUT2D eigenvalue weighted by Crippen LogP contribution is -2.15. The zero-order valence-electron chi connectivity index (χ0n) is 15.2. The first-order chi connectivity index (χ1) is 13.5. The fraction of sp³-hybridized carbons (Fsp3) is 0.0909. The normalized spacial score (nSPS) is 10.2. The van der Waals surface area contributed by atoms with Crippen LogP contribution in [-0.2, 0) is 11.2 Å². The SMILES string of the molecule is COc1ccccc1NC(=O)c1ccc(NC(=O)Cc2ccc(Br)cc2)cc1. The van der Waals surface area contributed by atoms with E-state index in [4.69, 9.17) is 4.74 Å². The van der Waals surface area contributed by atoms with Crippen molar-refractivity contribution in [2.45, 2.75) is 6.42 Å². The molecule has 3 rings (SSSR count). The number of amides is 2. The van der Waals surface area contributed by atoms with Crippen LogP contribution in [0.3, 0.4) is 0 Å². The van der Waals surface area contributed by atoms with Crippen LogP contribution in [0.5, 0.6) is 5.75 Å². The molecular weight excluding hydrogens is 420 g/mol. The number of benzene rings is 3. The number of hydrogen-bond acceptors (Lipinski definition) is 3. The molecule has 0 heterocycles. The quantitative estimate of drug-likeness (QED) is 0.575. The van der Waals surface area contributed by atoms with E-state index in [0.29, 0.717) is 22.7 Å². The lowest BCUT2D eigenvalue weighted by molar-refractivity contribution is -0.115. The van der Waals surface area contributed by atoms with Crippen molar-refractivity contribution in [1.29, 1.82) is 0 Å². The zero-order valence-corrected chi connectivity index (χ0v) is 16.8. The van der Waals surface area contributed by atoms with Crippen LogP contribution >= 0.6 is 15.9 Å². The van der Waals surface area contributed by atoms with Gasteiger partial charge >= 0.3 is 0 Å². The second-order valence-electron chi connectivity index (χ2n) is 6.08. The Balaban J connectivity index is 1.60. The Morgan fingerprint density at radius 1 is 0.893 bits per heavy atom. The van der Waals surface area contributed by atoms with Crippen molar-refractivity contribution < 1.29 is 14.3 Å². The summed E-state index contributed by atoms with van der Waals surface area (Å²) in [6.45, 7) is 0. The summed E-state index contributed by atoms with van der Waals surface area (Å²) in [5, 5.41) is 5.66. The third-order valence-electron chi connectivity index (χ3n) is 4.06. The van der Waals surface area contributed by atoms with Crippen molar-refractivity contribution in [3.8, 4) is 5.75 Å². The van der Waals surface area contributed by atoms with Gasteiger partial charge in [0.25, 0.3) is 5.91 Å². The number of anilines is 2. The van der Waals surface area contributed by atoms with Crippen LogP contribution in [0.15, 0.2) is 77.3 Å². The number of para-hydroxylation sites is 2. The first-order valence-electron chi connectivity index (χ1n) is 8.64. The summed E-state index contributed by atoms with van der Waals surface area (Å²) >= 11 is 3.37. The van der Waals surface area contributed by atoms with Crippen LogP contribution in [0.25, 0.3) is 0 Å². The van der Waals surface area contributed by atoms with Crippen molar-refractivity contribution in [3.05, 3.63) is 88.4 Å². The Labute approximate surface area is 171 Å². The van der Waals surface area contributed by atoms with Crippen molar-refractivity contribution >= 4 is 39.1 Å². The van der Waals surface area contributed by atoms with Gasteiger partial charge in [-0.2, -0.15) is 0 Å². The first-order valence-corrected chi connectivity index (χ1v) is 9.43. The number of carbonyl (C=O) groups is 2. The number of halogens is 1. The van der Waals surface area contributed by atoms with Gasteiger partial charge < -0.3 is 15.4 Å². The Hall–Kier alpha value is -3.12. The Bertz CT molecular complexity index is 970. The van der Waals surface area contributed by atoms with E-state index in [-0.39, 0.29) is 18.2 Å². The van der Waals surface area contributed by atoms with Gasteiger partial charge in [0.15, 0.2) is 0 Å². The average molecular weight is 439 g/mol. The maximum Gasteiger partial charge on any atom is 0.255 e. The van der Waals surface area contributed by atoms with E-state index in [1.807, 2.05) is 36.4 Å². The molecule has 3 aromatic rings. The summed E-state index contributed by atoms with van der Waals surface area (Å²) < 4.78 is 6.21. The molecule has 0 aromatic heterocycles. The second-order valence-corrected chi connectivity index (χ2v) is 7.00. The molecule has 5 nitrogen and oxygen atoms in total. The van der Waals surface area contributed by atoms with Crippen LogP contribution < -0.4 is 15.4 Å². The maximum atomic E-state index is 12.4. The number of methoxy groups -OCH3 is 1. The second kappa shape index (κ2) is 9.19. The highest BCUT2D eigenvalue weighted by Crippen LogP contribution is 2.24. The number of hydrogen-bond donors (Lipinski definition) is 2. The van der Waals surface area contributed by atoms with Gasteiger partial charge in [0.05, 0.1) is 19.2 Å². The minimum Gasteiger partial charge on any atom is -0.495 e. The van der Waals surface area contributed by atoms with Crippen LogP contribution in [0.4, 0.5) is 11.4 Å². The van der Waals surface area contributed by atoms with Gasteiger partial charge in [-0.3, -0.25) is 9.59 Å². The highest BCUT2D eigenvalue weighted by molar-refractivity contribution is 9.10. The van der Waals surface area contributed by atoms with E-state index < -0.39 is 0 Å². The molecule has 2 amide bonds. The lowest BCUT2D eigenvalue weighted by atomic mass is 10.1. The molecule has 6 heteroatoms. The molecule has 0 aliphatic heterocycles. The third kappa shape index (κ3) is 5.20. The topological polar surface area (TPSA) is 67.4 Å². The van der Waals surface area contributed by atoms with Crippen molar-refractivity contribution in [3.63, 3.8) is 0 Å². The van der Waals surface area contributed by atoms with E-state index in [0.717, 1.165) is 10.0 Å². The van der Waals surface area contributed by atoms with Crippen LogP contribution in [0.2, 0.25) is 0 Å². The standard InChI is InChI=1S/C22H19BrN2O3/c1-28-20-5-3-2-4-19(20)25-22(27)16-8-12-18(13-9-16)24-21(26)14-15-6-10-17(23)11-7-15/h2-13H,14H2,1H3,(H,24,26)(H,25,27). The molecule has 0 atom stereocenters. The predicted octanol–water partition coefficient (Wildman–Crippen LogP) is 4.89. The molecule has 0 aliphatic rings. The highest BCUT2D eigenvalue weighted by atomic mass is 79.9. The monoisotopic (exact) mass is 438 g/mol. The van der Waals surface area contributed by atoms with Crippen LogP contribution in [0.1, 0.15) is 15.9 Å². The van der Waals surface area contributed by atoms with Crippen molar-refractivity contribution in [2.75, 3.05) is 17.7 Å². The van der Waals surface area contributed by atoms with Crippen molar-refractivity contribution in [2.24, 2.45) is 0 Å². The first kappa shape index (κ1) is 19.6. The summed E-state index contributed by atoms with van der Waals surface area (Å²) in [7, 11) is 1.55. The Morgan fingerprint density at radius 3 is 2.25 bits per heavy atom. The minimum absolute atomic E-state index is 0.117. The number of ether oxygens (including phenoxy) is 1. The smallest absolute Gasteiger partial charge is 0.255 e. The molecule has 3 aromatic carbocycles. The molecule has 0 aliphatic carbocycles. The number of nitrogens with one attached hydrogen (secondary N) is 2. The molecule has 0 saturated heterocycles. The molecule has 2 N–H and O–H groups in total. The van der Waals surface area contributed by atoms with E-state index in [2.05, 4.69) is 26.6 Å². The predicted molar refractivity (Wildman–Crippen MR) is 114 cm³/mol. The summed E-state index contributed by atoms with van der Waals surface area (Å²) in [6, 6.07) is 21.5. The molecule has 0 unspecified atom stereocenters. The number of carbonyl (C=O) groups excluding carboxylic acids is 2. The lowest BCUT2D eigenvalue weighted by Gasteiger charge is -2.10. The van der Waals surface area contributed by atoms with E-state index in [9.17, 15) is 9.59 Å². The van der Waals surface area contributed by atoms with Gasteiger partial charge in [-0.15, -0.1) is 0 Å². The fourth-order valence-electron chi connectivity index (χ4n) is 2.64. The summed E-state index contributed by atoms with van der Waals surface area (Å²) in [4.78, 5) is 24.6. The van der Waals surface area contributed by atoms with Gasteiger partial charge in [-0.1, -0.05) is 40.2 Å². The van der Waals surface area contributed by atoms with Crippen LogP contribution in [0, 0.1) is 0 Å².